The molecule has 2 aromatic carbocycles. The highest BCUT2D eigenvalue weighted by molar-refractivity contribution is 5.95. The molecule has 4 heteroatoms. The van der Waals surface area contributed by atoms with Gasteiger partial charge < -0.3 is 14.4 Å². The zero-order valence-electron chi connectivity index (χ0n) is 16.1. The summed E-state index contributed by atoms with van der Waals surface area (Å²) in [5.41, 5.74) is 2.79. The van der Waals surface area contributed by atoms with Crippen molar-refractivity contribution in [2.45, 2.75) is 25.7 Å². The van der Waals surface area contributed by atoms with E-state index in [1.807, 2.05) is 42.5 Å². The van der Waals surface area contributed by atoms with Crippen LogP contribution in [0.4, 0.5) is 0 Å². The first kappa shape index (κ1) is 17.9. The molecule has 1 saturated carbocycles. The number of carbonyl (C=O) groups is 1. The number of hydrogen-bond donors (Lipinski definition) is 0. The number of rotatable bonds is 4. The first-order chi connectivity index (χ1) is 13.2. The minimum atomic E-state index is 0.167. The summed E-state index contributed by atoms with van der Waals surface area (Å²) in [6, 6.07) is 13.7. The quantitative estimate of drug-likeness (QED) is 0.793. The highest BCUT2D eigenvalue weighted by Crippen LogP contribution is 2.36. The Hall–Kier alpha value is -2.49. The SMILES string of the molecule is COc1ccc(-c2ccc(C(=O)N3CC4CCCC(C4)C3)cc2)c(OC)c1. The number of methoxy groups -OCH3 is 2. The second kappa shape index (κ2) is 7.63. The van der Waals surface area contributed by atoms with Crippen LogP contribution in [0.5, 0.6) is 11.5 Å². The molecule has 0 aromatic heterocycles. The van der Waals surface area contributed by atoms with Gasteiger partial charge in [0.15, 0.2) is 0 Å². The molecule has 1 heterocycles. The minimum Gasteiger partial charge on any atom is -0.497 e. The van der Waals surface area contributed by atoms with Gasteiger partial charge in [0, 0.05) is 30.3 Å². The molecule has 27 heavy (non-hydrogen) atoms. The summed E-state index contributed by atoms with van der Waals surface area (Å²) in [5.74, 6) is 3.09. The van der Waals surface area contributed by atoms with Gasteiger partial charge in [-0.25, -0.2) is 0 Å². The van der Waals surface area contributed by atoms with Crippen LogP contribution in [0.15, 0.2) is 42.5 Å². The Kier molecular flexibility index (Phi) is 5.06. The first-order valence-corrected chi connectivity index (χ1v) is 9.79. The number of amides is 1. The zero-order chi connectivity index (χ0) is 18.8. The topological polar surface area (TPSA) is 38.8 Å². The van der Waals surface area contributed by atoms with Crippen molar-refractivity contribution in [2.24, 2.45) is 11.8 Å². The molecule has 2 fully saturated rings. The fourth-order valence-corrected chi connectivity index (χ4v) is 4.61. The molecule has 2 bridgehead atoms. The van der Waals surface area contributed by atoms with E-state index < -0.39 is 0 Å². The third kappa shape index (κ3) is 3.66. The number of nitrogens with zero attached hydrogens (tertiary/aromatic N) is 1. The van der Waals surface area contributed by atoms with E-state index in [-0.39, 0.29) is 5.91 Å². The molecule has 1 saturated heterocycles. The number of benzene rings is 2. The van der Waals surface area contributed by atoms with Crippen LogP contribution in [-0.2, 0) is 0 Å². The van der Waals surface area contributed by atoms with Gasteiger partial charge >= 0.3 is 0 Å². The Morgan fingerprint density at radius 2 is 1.67 bits per heavy atom. The van der Waals surface area contributed by atoms with E-state index in [4.69, 9.17) is 9.47 Å². The van der Waals surface area contributed by atoms with Crippen LogP contribution in [0.1, 0.15) is 36.0 Å². The normalized spacial score (nSPS) is 21.6. The molecule has 1 aliphatic carbocycles. The van der Waals surface area contributed by atoms with Crippen molar-refractivity contribution >= 4 is 5.91 Å². The lowest BCUT2D eigenvalue weighted by Crippen LogP contribution is -2.45. The molecular formula is C23H27NO3. The Bertz CT molecular complexity index is 803. The predicted molar refractivity (Wildman–Crippen MR) is 106 cm³/mol. The van der Waals surface area contributed by atoms with Crippen molar-refractivity contribution in [1.82, 2.24) is 4.90 Å². The van der Waals surface area contributed by atoms with Gasteiger partial charge in [-0.2, -0.15) is 0 Å². The number of piperidine rings is 1. The van der Waals surface area contributed by atoms with E-state index in [1.165, 1.54) is 25.7 Å². The Morgan fingerprint density at radius 3 is 2.30 bits per heavy atom. The molecule has 2 aliphatic rings. The summed E-state index contributed by atoms with van der Waals surface area (Å²) in [5, 5.41) is 0. The average Bonchev–Trinajstić information content (AvgIpc) is 2.72. The molecule has 2 unspecified atom stereocenters. The lowest BCUT2D eigenvalue weighted by atomic mass is 9.78. The van der Waals surface area contributed by atoms with E-state index >= 15 is 0 Å². The van der Waals surface area contributed by atoms with Crippen molar-refractivity contribution in [3.05, 3.63) is 48.0 Å². The maximum absolute atomic E-state index is 13.0. The minimum absolute atomic E-state index is 0.167. The van der Waals surface area contributed by atoms with Crippen LogP contribution < -0.4 is 9.47 Å². The second-order valence-electron chi connectivity index (χ2n) is 7.75. The van der Waals surface area contributed by atoms with Crippen molar-refractivity contribution in [2.75, 3.05) is 27.3 Å². The third-order valence-corrected chi connectivity index (χ3v) is 5.99. The van der Waals surface area contributed by atoms with Gasteiger partial charge in [-0.15, -0.1) is 0 Å². The van der Waals surface area contributed by atoms with Gasteiger partial charge in [0.1, 0.15) is 11.5 Å². The highest BCUT2D eigenvalue weighted by Gasteiger charge is 2.32. The molecule has 4 nitrogen and oxygen atoms in total. The van der Waals surface area contributed by atoms with Crippen LogP contribution in [-0.4, -0.2) is 38.1 Å². The predicted octanol–water partition coefficient (Wildman–Crippen LogP) is 4.63. The molecule has 1 amide bonds. The highest BCUT2D eigenvalue weighted by atomic mass is 16.5. The molecule has 2 aromatic rings. The van der Waals surface area contributed by atoms with Crippen molar-refractivity contribution < 1.29 is 14.3 Å². The van der Waals surface area contributed by atoms with Crippen LogP contribution in [0.3, 0.4) is 0 Å². The Balaban J connectivity index is 1.53. The smallest absolute Gasteiger partial charge is 0.253 e. The van der Waals surface area contributed by atoms with Crippen LogP contribution >= 0.6 is 0 Å². The first-order valence-electron chi connectivity index (χ1n) is 9.79. The largest absolute Gasteiger partial charge is 0.497 e. The molecule has 2 atom stereocenters. The van der Waals surface area contributed by atoms with E-state index in [1.54, 1.807) is 14.2 Å². The lowest BCUT2D eigenvalue weighted by Gasteiger charge is -2.41. The van der Waals surface area contributed by atoms with Crippen molar-refractivity contribution in [1.29, 1.82) is 0 Å². The maximum Gasteiger partial charge on any atom is 0.253 e. The molecule has 4 rings (SSSR count). The summed E-state index contributed by atoms with van der Waals surface area (Å²) in [6.07, 6.45) is 5.18. The molecule has 0 spiro atoms. The molecular weight excluding hydrogens is 338 g/mol. The van der Waals surface area contributed by atoms with E-state index in [0.717, 1.165) is 41.3 Å². The number of ether oxygens (including phenoxy) is 2. The van der Waals surface area contributed by atoms with Crippen LogP contribution in [0.2, 0.25) is 0 Å². The van der Waals surface area contributed by atoms with Gasteiger partial charge in [-0.3, -0.25) is 4.79 Å². The number of fused-ring (bicyclic) bond motifs is 2. The maximum atomic E-state index is 13.0. The van der Waals surface area contributed by atoms with Gasteiger partial charge in [-0.05, 0) is 60.9 Å². The number of likely N-dealkylation sites (tertiary alicyclic amines) is 1. The van der Waals surface area contributed by atoms with Gasteiger partial charge in [0.05, 0.1) is 14.2 Å². The van der Waals surface area contributed by atoms with E-state index in [2.05, 4.69) is 4.90 Å². The van der Waals surface area contributed by atoms with E-state index in [0.29, 0.717) is 11.8 Å². The molecule has 0 N–H and O–H groups in total. The van der Waals surface area contributed by atoms with Crippen LogP contribution in [0.25, 0.3) is 11.1 Å². The lowest BCUT2D eigenvalue weighted by molar-refractivity contribution is 0.0504. The van der Waals surface area contributed by atoms with Crippen molar-refractivity contribution in [3.8, 4) is 22.6 Å². The fraction of sp³-hybridized carbons (Fsp3) is 0.435. The monoisotopic (exact) mass is 365 g/mol. The Morgan fingerprint density at radius 1 is 0.963 bits per heavy atom. The molecule has 142 valence electrons. The van der Waals surface area contributed by atoms with Gasteiger partial charge in [0.25, 0.3) is 5.91 Å². The fourth-order valence-electron chi connectivity index (χ4n) is 4.61. The van der Waals surface area contributed by atoms with E-state index in [9.17, 15) is 4.79 Å². The molecule has 1 aliphatic heterocycles. The van der Waals surface area contributed by atoms with Gasteiger partial charge in [-0.1, -0.05) is 18.6 Å². The van der Waals surface area contributed by atoms with Crippen LogP contribution in [0, 0.1) is 11.8 Å². The zero-order valence-corrected chi connectivity index (χ0v) is 16.1. The standard InChI is InChI=1S/C23H27NO3/c1-26-20-10-11-21(22(13-20)27-2)18-6-8-19(9-7-18)23(25)24-14-16-4-3-5-17(12-16)15-24/h6-11,13,16-17H,3-5,12,14-15H2,1-2H3. The third-order valence-electron chi connectivity index (χ3n) is 5.99. The van der Waals surface area contributed by atoms with Gasteiger partial charge in [0.2, 0.25) is 0 Å². The Labute approximate surface area is 161 Å². The summed E-state index contributed by atoms with van der Waals surface area (Å²) in [7, 11) is 3.30. The second-order valence-corrected chi connectivity index (χ2v) is 7.75. The summed E-state index contributed by atoms with van der Waals surface area (Å²) < 4.78 is 10.8. The summed E-state index contributed by atoms with van der Waals surface area (Å²) >= 11 is 0. The summed E-state index contributed by atoms with van der Waals surface area (Å²) in [4.78, 5) is 15.0. The average molecular weight is 365 g/mol. The summed E-state index contributed by atoms with van der Waals surface area (Å²) in [6.45, 7) is 1.84. The number of hydrogen-bond acceptors (Lipinski definition) is 3. The molecule has 0 radical (unpaired) electrons. The van der Waals surface area contributed by atoms with Crippen molar-refractivity contribution in [3.63, 3.8) is 0 Å². The number of carbonyl (C=O) groups excluding carboxylic acids is 1.